The summed E-state index contributed by atoms with van der Waals surface area (Å²) in [6.45, 7) is 2.10. The van der Waals surface area contributed by atoms with Gasteiger partial charge in [-0.1, -0.05) is 25.1 Å². The highest BCUT2D eigenvalue weighted by atomic mass is 16.4. The molecule has 6 heteroatoms. The Hall–Kier alpha value is -2.39. The average molecular weight is 290 g/mol. The molecule has 2 N–H and O–H groups in total. The molecule has 0 heterocycles. The monoisotopic (exact) mass is 290 g/mol. The predicted octanol–water partition coefficient (Wildman–Crippen LogP) is 1.70. The number of rotatable bonds is 8. The van der Waals surface area contributed by atoms with Gasteiger partial charge in [-0.3, -0.25) is 14.5 Å². The van der Waals surface area contributed by atoms with Gasteiger partial charge >= 0.3 is 11.9 Å². The zero-order chi connectivity index (χ0) is 15.8. The molecule has 0 radical (unpaired) electrons. The van der Waals surface area contributed by atoms with Crippen LogP contribution in [0.15, 0.2) is 24.3 Å². The zero-order valence-corrected chi connectivity index (χ0v) is 11.8. The van der Waals surface area contributed by atoms with E-state index in [9.17, 15) is 14.7 Å². The summed E-state index contributed by atoms with van der Waals surface area (Å²) in [6.07, 6.45) is 0.224. The summed E-state index contributed by atoms with van der Waals surface area (Å²) in [5.74, 6) is -1.97. The molecule has 1 aromatic rings. The summed E-state index contributed by atoms with van der Waals surface area (Å²) in [6, 6.07) is 8.21. The lowest BCUT2D eigenvalue weighted by Crippen LogP contribution is -2.41. The molecule has 6 nitrogen and oxygen atoms in total. The van der Waals surface area contributed by atoms with Gasteiger partial charge in [0.25, 0.3) is 0 Å². The van der Waals surface area contributed by atoms with E-state index in [-0.39, 0.29) is 19.5 Å². The van der Waals surface area contributed by atoms with E-state index in [0.29, 0.717) is 17.5 Å². The molecule has 0 amide bonds. The first-order valence-corrected chi connectivity index (χ1v) is 6.66. The second-order valence-electron chi connectivity index (χ2n) is 4.65. The molecule has 21 heavy (non-hydrogen) atoms. The Bertz CT molecular complexity index is 551. The van der Waals surface area contributed by atoms with Crippen molar-refractivity contribution in [1.29, 1.82) is 5.26 Å². The van der Waals surface area contributed by atoms with Gasteiger partial charge in [-0.05, 0) is 18.1 Å². The number of nitriles is 1. The first-order valence-electron chi connectivity index (χ1n) is 6.66. The van der Waals surface area contributed by atoms with Gasteiger partial charge in [-0.25, -0.2) is 0 Å². The van der Waals surface area contributed by atoms with Crippen molar-refractivity contribution in [2.24, 2.45) is 0 Å². The molecule has 0 saturated heterocycles. The standard InChI is InChI=1S/C15H18N2O4/c1-2-13(15(20)21)17(8-7-14(18)19)10-12-6-4-3-5-11(12)9-16/h3-6,13H,2,7-8,10H2,1H3,(H,18,19)(H,20,21). The third-order valence-corrected chi connectivity index (χ3v) is 3.24. The number of hydrogen-bond acceptors (Lipinski definition) is 4. The topological polar surface area (TPSA) is 102 Å². The smallest absolute Gasteiger partial charge is 0.320 e. The van der Waals surface area contributed by atoms with Crippen LogP contribution in [-0.4, -0.2) is 39.6 Å². The Morgan fingerprint density at radius 2 is 2.00 bits per heavy atom. The van der Waals surface area contributed by atoms with Crippen LogP contribution in [0.4, 0.5) is 0 Å². The fourth-order valence-electron chi connectivity index (χ4n) is 2.16. The van der Waals surface area contributed by atoms with Gasteiger partial charge in [0, 0.05) is 13.1 Å². The molecule has 0 spiro atoms. The first kappa shape index (κ1) is 16.7. The molecule has 0 aromatic heterocycles. The van der Waals surface area contributed by atoms with Gasteiger partial charge in [0.1, 0.15) is 6.04 Å². The summed E-state index contributed by atoms with van der Waals surface area (Å²) in [5, 5.41) is 27.1. The Kier molecular flexibility index (Phi) is 6.37. The summed E-state index contributed by atoms with van der Waals surface area (Å²) in [4.78, 5) is 23.6. The van der Waals surface area contributed by atoms with Gasteiger partial charge in [0.15, 0.2) is 0 Å². The maximum absolute atomic E-state index is 11.3. The first-order chi connectivity index (χ1) is 9.99. The summed E-state index contributed by atoms with van der Waals surface area (Å²) in [7, 11) is 0. The molecule has 0 saturated carbocycles. The minimum Gasteiger partial charge on any atom is -0.481 e. The van der Waals surface area contributed by atoms with Crippen LogP contribution in [-0.2, 0) is 16.1 Å². The van der Waals surface area contributed by atoms with E-state index < -0.39 is 18.0 Å². The minimum absolute atomic E-state index is 0.125. The summed E-state index contributed by atoms with van der Waals surface area (Å²) < 4.78 is 0. The van der Waals surface area contributed by atoms with Crippen molar-refractivity contribution in [1.82, 2.24) is 4.90 Å². The van der Waals surface area contributed by atoms with Gasteiger partial charge in [0.05, 0.1) is 18.1 Å². The molecule has 0 fully saturated rings. The molecule has 0 aliphatic carbocycles. The van der Waals surface area contributed by atoms with E-state index in [1.807, 2.05) is 0 Å². The van der Waals surface area contributed by atoms with Gasteiger partial charge in [0.2, 0.25) is 0 Å². The van der Waals surface area contributed by atoms with Crippen LogP contribution < -0.4 is 0 Å². The molecule has 1 rings (SSSR count). The highest BCUT2D eigenvalue weighted by molar-refractivity contribution is 5.73. The van der Waals surface area contributed by atoms with Crippen LogP contribution in [0.1, 0.15) is 30.9 Å². The number of carbonyl (C=O) groups is 2. The Morgan fingerprint density at radius 3 is 2.52 bits per heavy atom. The van der Waals surface area contributed by atoms with Crippen molar-refractivity contribution < 1.29 is 19.8 Å². The van der Waals surface area contributed by atoms with E-state index in [4.69, 9.17) is 10.4 Å². The fraction of sp³-hybridized carbons (Fsp3) is 0.400. The van der Waals surface area contributed by atoms with Crippen molar-refractivity contribution in [3.63, 3.8) is 0 Å². The van der Waals surface area contributed by atoms with Crippen LogP contribution in [0.3, 0.4) is 0 Å². The second kappa shape index (κ2) is 8.02. The lowest BCUT2D eigenvalue weighted by molar-refractivity contribution is -0.145. The normalized spacial score (nSPS) is 11.9. The number of nitrogens with zero attached hydrogens (tertiary/aromatic N) is 2. The average Bonchev–Trinajstić information content (AvgIpc) is 2.45. The van der Waals surface area contributed by atoms with E-state index in [0.717, 1.165) is 0 Å². The van der Waals surface area contributed by atoms with Crippen LogP contribution in [0.2, 0.25) is 0 Å². The number of carboxylic acids is 2. The quantitative estimate of drug-likeness (QED) is 0.755. The predicted molar refractivity (Wildman–Crippen MR) is 75.5 cm³/mol. The van der Waals surface area contributed by atoms with Gasteiger partial charge < -0.3 is 10.2 Å². The number of carboxylic acid groups (broad SMARTS) is 2. The van der Waals surface area contributed by atoms with Crippen LogP contribution >= 0.6 is 0 Å². The Morgan fingerprint density at radius 1 is 1.33 bits per heavy atom. The maximum atomic E-state index is 11.3. The van der Waals surface area contributed by atoms with Gasteiger partial charge in [-0.15, -0.1) is 0 Å². The van der Waals surface area contributed by atoms with Crippen LogP contribution in [0.25, 0.3) is 0 Å². The van der Waals surface area contributed by atoms with Crippen LogP contribution in [0, 0.1) is 11.3 Å². The maximum Gasteiger partial charge on any atom is 0.320 e. The molecule has 1 aromatic carbocycles. The van der Waals surface area contributed by atoms with E-state index in [2.05, 4.69) is 6.07 Å². The number of hydrogen-bond donors (Lipinski definition) is 2. The van der Waals surface area contributed by atoms with Gasteiger partial charge in [-0.2, -0.15) is 5.26 Å². The third kappa shape index (κ3) is 4.89. The minimum atomic E-state index is -0.989. The molecule has 0 aliphatic rings. The lowest BCUT2D eigenvalue weighted by atomic mass is 10.1. The SMILES string of the molecule is CCC(C(=O)O)N(CCC(=O)O)Cc1ccccc1C#N. The van der Waals surface area contributed by atoms with E-state index in [1.165, 1.54) is 0 Å². The molecule has 0 bridgehead atoms. The van der Waals surface area contributed by atoms with Crippen molar-refractivity contribution in [3.05, 3.63) is 35.4 Å². The lowest BCUT2D eigenvalue weighted by Gasteiger charge is -2.28. The Labute approximate surface area is 123 Å². The molecular weight excluding hydrogens is 272 g/mol. The van der Waals surface area contributed by atoms with Crippen molar-refractivity contribution in [3.8, 4) is 6.07 Å². The zero-order valence-electron chi connectivity index (χ0n) is 11.8. The Balaban J connectivity index is 2.98. The highest BCUT2D eigenvalue weighted by Crippen LogP contribution is 2.15. The molecule has 1 atom stereocenters. The van der Waals surface area contributed by atoms with Crippen molar-refractivity contribution in [2.75, 3.05) is 6.54 Å². The molecule has 112 valence electrons. The summed E-state index contributed by atoms with van der Waals surface area (Å²) >= 11 is 0. The second-order valence-corrected chi connectivity index (χ2v) is 4.65. The summed E-state index contributed by atoms with van der Waals surface area (Å²) in [5.41, 5.74) is 1.17. The molecule has 0 aliphatic heterocycles. The number of benzene rings is 1. The van der Waals surface area contributed by atoms with Crippen molar-refractivity contribution >= 4 is 11.9 Å². The third-order valence-electron chi connectivity index (χ3n) is 3.24. The molecular formula is C15H18N2O4. The number of aliphatic carboxylic acids is 2. The largest absolute Gasteiger partial charge is 0.481 e. The fourth-order valence-corrected chi connectivity index (χ4v) is 2.16. The van der Waals surface area contributed by atoms with Crippen LogP contribution in [0.5, 0.6) is 0 Å². The van der Waals surface area contributed by atoms with E-state index in [1.54, 1.807) is 36.1 Å². The molecule has 1 unspecified atom stereocenters. The van der Waals surface area contributed by atoms with E-state index >= 15 is 0 Å². The highest BCUT2D eigenvalue weighted by Gasteiger charge is 2.24. The van der Waals surface area contributed by atoms with Crippen molar-refractivity contribution in [2.45, 2.75) is 32.4 Å².